The average molecular weight is 269 g/mol. The molecule has 1 heterocycles. The normalized spacial score (nSPS) is 12.6. The number of rotatable bonds is 5. The van der Waals surface area contributed by atoms with Gasteiger partial charge in [-0.05, 0) is 30.5 Å². The number of aryl methyl sites for hydroxylation is 1. The fraction of sp³-hybridized carbons (Fsp3) is 0.308. The Hall–Kier alpha value is -0.990. The van der Waals surface area contributed by atoms with Gasteiger partial charge in [0.05, 0.1) is 11.7 Å². The van der Waals surface area contributed by atoms with Crippen LogP contribution >= 0.6 is 23.2 Å². The van der Waals surface area contributed by atoms with E-state index >= 15 is 0 Å². The maximum atomic E-state index is 6.28. The molecule has 0 saturated carbocycles. The lowest BCUT2D eigenvalue weighted by atomic mass is 10.1. The number of nitrogens with zero attached hydrogens (tertiary/aromatic N) is 2. The number of halogens is 2. The van der Waals surface area contributed by atoms with Gasteiger partial charge in [0.1, 0.15) is 0 Å². The number of hydrogen-bond donors (Lipinski definition) is 0. The Bertz CT molecular complexity index is 437. The molecule has 1 aromatic carbocycles. The van der Waals surface area contributed by atoms with Gasteiger partial charge in [-0.3, -0.25) is 0 Å². The molecule has 0 aliphatic rings. The van der Waals surface area contributed by atoms with E-state index in [1.165, 1.54) is 5.56 Å². The summed E-state index contributed by atoms with van der Waals surface area (Å²) in [7, 11) is 0. The molecule has 0 aliphatic heterocycles. The van der Waals surface area contributed by atoms with Crippen LogP contribution < -0.4 is 0 Å². The van der Waals surface area contributed by atoms with Crippen molar-refractivity contribution in [2.45, 2.75) is 24.8 Å². The van der Waals surface area contributed by atoms with E-state index in [-0.39, 0.29) is 5.38 Å². The van der Waals surface area contributed by atoms with E-state index in [1.54, 1.807) is 12.5 Å². The number of imidazole rings is 1. The average Bonchev–Trinajstić information content (AvgIpc) is 2.81. The van der Waals surface area contributed by atoms with E-state index in [1.807, 2.05) is 35.0 Å². The zero-order valence-corrected chi connectivity index (χ0v) is 10.9. The molecule has 0 unspecified atom stereocenters. The van der Waals surface area contributed by atoms with Crippen molar-refractivity contribution in [3.05, 3.63) is 53.6 Å². The van der Waals surface area contributed by atoms with E-state index in [9.17, 15) is 0 Å². The molecule has 2 rings (SSSR count). The number of hydrogen-bond acceptors (Lipinski definition) is 1. The molecule has 0 spiro atoms. The van der Waals surface area contributed by atoms with Gasteiger partial charge in [-0.1, -0.05) is 23.7 Å². The van der Waals surface area contributed by atoms with Crippen molar-refractivity contribution in [2.75, 3.05) is 0 Å². The summed E-state index contributed by atoms with van der Waals surface area (Å²) in [6.45, 7) is 0.801. The minimum atomic E-state index is 0.125. The summed E-state index contributed by atoms with van der Waals surface area (Å²) in [5.41, 5.74) is 1.27. The molecule has 0 amide bonds. The smallest absolute Gasteiger partial charge is 0.0946 e. The fourth-order valence-corrected chi connectivity index (χ4v) is 2.08. The lowest BCUT2D eigenvalue weighted by Gasteiger charge is -2.10. The standard InChI is InChI=1S/C13H14Cl2N2/c14-12-4-1-11(2-5-12)3-6-13(15)9-17-8-7-16-10-17/h1-2,4-5,7-8,10,13H,3,6,9H2/t13-/m1/s1. The van der Waals surface area contributed by atoms with Gasteiger partial charge in [0.2, 0.25) is 0 Å². The van der Waals surface area contributed by atoms with Crippen LogP contribution in [0.15, 0.2) is 43.0 Å². The first-order chi connectivity index (χ1) is 8.24. The summed E-state index contributed by atoms with van der Waals surface area (Å²) in [5, 5.41) is 0.898. The molecule has 0 aliphatic carbocycles. The molecule has 2 aromatic rings. The summed E-state index contributed by atoms with van der Waals surface area (Å²) >= 11 is 12.1. The first-order valence-corrected chi connectivity index (χ1v) is 6.40. The van der Waals surface area contributed by atoms with Gasteiger partial charge in [0, 0.05) is 24.0 Å². The Balaban J connectivity index is 1.79. The molecule has 1 aromatic heterocycles. The molecule has 0 N–H and O–H groups in total. The van der Waals surface area contributed by atoms with Gasteiger partial charge < -0.3 is 4.57 Å². The molecule has 4 heteroatoms. The second kappa shape index (κ2) is 6.08. The molecule has 17 heavy (non-hydrogen) atoms. The van der Waals surface area contributed by atoms with Crippen molar-refractivity contribution in [2.24, 2.45) is 0 Å². The minimum absolute atomic E-state index is 0.125. The molecule has 0 radical (unpaired) electrons. The van der Waals surface area contributed by atoms with Gasteiger partial charge in [0.25, 0.3) is 0 Å². The number of aromatic nitrogens is 2. The molecule has 90 valence electrons. The zero-order valence-electron chi connectivity index (χ0n) is 9.39. The van der Waals surface area contributed by atoms with Crippen LogP contribution in [0.2, 0.25) is 5.02 Å². The van der Waals surface area contributed by atoms with Crippen LogP contribution in [-0.2, 0) is 13.0 Å². The largest absolute Gasteiger partial charge is 0.336 e. The molecule has 0 saturated heterocycles. The lowest BCUT2D eigenvalue weighted by Crippen LogP contribution is -2.10. The first-order valence-electron chi connectivity index (χ1n) is 5.58. The Labute approximate surface area is 111 Å². The predicted molar refractivity (Wildman–Crippen MR) is 71.6 cm³/mol. The lowest BCUT2D eigenvalue weighted by molar-refractivity contribution is 0.617. The highest BCUT2D eigenvalue weighted by atomic mass is 35.5. The molecular formula is C13H14Cl2N2. The van der Waals surface area contributed by atoms with Crippen molar-refractivity contribution < 1.29 is 0 Å². The topological polar surface area (TPSA) is 17.8 Å². The van der Waals surface area contributed by atoms with Crippen molar-refractivity contribution >= 4 is 23.2 Å². The van der Waals surface area contributed by atoms with Crippen LogP contribution in [0.1, 0.15) is 12.0 Å². The highest BCUT2D eigenvalue weighted by Crippen LogP contribution is 2.14. The quantitative estimate of drug-likeness (QED) is 0.755. The summed E-state index contributed by atoms with van der Waals surface area (Å²) < 4.78 is 2.00. The zero-order chi connectivity index (χ0) is 12.1. The van der Waals surface area contributed by atoms with E-state index in [4.69, 9.17) is 23.2 Å². The summed E-state index contributed by atoms with van der Waals surface area (Å²) in [6, 6.07) is 7.91. The maximum absolute atomic E-state index is 6.28. The van der Waals surface area contributed by atoms with E-state index in [0.29, 0.717) is 0 Å². The monoisotopic (exact) mass is 268 g/mol. The van der Waals surface area contributed by atoms with E-state index < -0.39 is 0 Å². The summed E-state index contributed by atoms with van der Waals surface area (Å²) in [6.07, 6.45) is 7.40. The number of alkyl halides is 1. The third kappa shape index (κ3) is 4.06. The van der Waals surface area contributed by atoms with Crippen LogP contribution in [0.25, 0.3) is 0 Å². The SMILES string of the molecule is Clc1ccc(CC[C@@H](Cl)Cn2ccnc2)cc1. The molecule has 0 fully saturated rings. The Morgan fingerprint density at radius 1 is 1.24 bits per heavy atom. The van der Waals surface area contributed by atoms with Crippen LogP contribution in [0.4, 0.5) is 0 Å². The molecule has 1 atom stereocenters. The Morgan fingerprint density at radius 3 is 2.65 bits per heavy atom. The van der Waals surface area contributed by atoms with Gasteiger partial charge in [-0.25, -0.2) is 4.98 Å². The first kappa shape index (κ1) is 12.5. The molecular weight excluding hydrogens is 255 g/mol. The molecule has 2 nitrogen and oxygen atoms in total. The van der Waals surface area contributed by atoms with Crippen molar-refractivity contribution in [3.8, 4) is 0 Å². The van der Waals surface area contributed by atoms with Crippen LogP contribution in [-0.4, -0.2) is 14.9 Å². The Kier molecular flexibility index (Phi) is 4.46. The van der Waals surface area contributed by atoms with Crippen LogP contribution in [0.3, 0.4) is 0 Å². The van der Waals surface area contributed by atoms with Crippen molar-refractivity contribution in [1.82, 2.24) is 9.55 Å². The van der Waals surface area contributed by atoms with Crippen molar-refractivity contribution in [1.29, 1.82) is 0 Å². The highest BCUT2D eigenvalue weighted by Gasteiger charge is 2.05. The fourth-order valence-electron chi connectivity index (χ4n) is 1.69. The van der Waals surface area contributed by atoms with Gasteiger partial charge in [-0.15, -0.1) is 11.6 Å². The predicted octanol–water partition coefficient (Wildman–Crippen LogP) is 3.78. The number of benzene rings is 1. The van der Waals surface area contributed by atoms with Gasteiger partial charge >= 0.3 is 0 Å². The Morgan fingerprint density at radius 2 is 2.00 bits per heavy atom. The minimum Gasteiger partial charge on any atom is -0.336 e. The van der Waals surface area contributed by atoms with Crippen LogP contribution in [0, 0.1) is 0 Å². The second-order valence-corrected chi connectivity index (χ2v) is 5.08. The van der Waals surface area contributed by atoms with E-state index in [2.05, 4.69) is 4.98 Å². The van der Waals surface area contributed by atoms with Crippen molar-refractivity contribution in [3.63, 3.8) is 0 Å². The summed E-state index contributed by atoms with van der Waals surface area (Å²) in [4.78, 5) is 3.99. The van der Waals surface area contributed by atoms with Gasteiger partial charge in [-0.2, -0.15) is 0 Å². The highest BCUT2D eigenvalue weighted by molar-refractivity contribution is 6.30. The van der Waals surface area contributed by atoms with Crippen LogP contribution in [0.5, 0.6) is 0 Å². The molecule has 0 bridgehead atoms. The van der Waals surface area contributed by atoms with E-state index in [0.717, 1.165) is 24.4 Å². The second-order valence-electron chi connectivity index (χ2n) is 4.02. The third-order valence-corrected chi connectivity index (χ3v) is 3.24. The third-order valence-electron chi connectivity index (χ3n) is 2.63. The maximum Gasteiger partial charge on any atom is 0.0946 e. The summed E-state index contributed by atoms with van der Waals surface area (Å²) in [5.74, 6) is 0. The van der Waals surface area contributed by atoms with Gasteiger partial charge in [0.15, 0.2) is 0 Å².